The number of hydrogen-bond acceptors (Lipinski definition) is 3. The number of rotatable bonds is 6. The van der Waals surface area contributed by atoms with Crippen molar-refractivity contribution in [3.05, 3.63) is 107 Å². The molecule has 0 spiro atoms. The molecule has 0 aliphatic carbocycles. The lowest BCUT2D eigenvalue weighted by Crippen LogP contribution is -2.20. The molecule has 0 fully saturated rings. The fraction of sp³-hybridized carbons (Fsp3) is 0.179. The number of hydrogen-bond donors (Lipinski definition) is 2. The van der Waals surface area contributed by atoms with Crippen LogP contribution in [0.5, 0.6) is 0 Å². The maximum absolute atomic E-state index is 12.5. The van der Waals surface area contributed by atoms with Gasteiger partial charge in [0.25, 0.3) is 5.91 Å². The summed E-state index contributed by atoms with van der Waals surface area (Å²) in [4.78, 5) is 24.7. The van der Waals surface area contributed by atoms with Gasteiger partial charge in [-0.2, -0.15) is 5.10 Å². The molecule has 5 nitrogen and oxygen atoms in total. The second kappa shape index (κ2) is 10.6. The van der Waals surface area contributed by atoms with Crippen LogP contribution in [0.2, 0.25) is 0 Å². The molecular formula is C28H29N3O2. The Morgan fingerprint density at radius 2 is 1.55 bits per heavy atom. The summed E-state index contributed by atoms with van der Waals surface area (Å²) in [6.45, 7) is 8.20. The first-order valence-electron chi connectivity index (χ1n) is 10.8. The Labute approximate surface area is 195 Å². The van der Waals surface area contributed by atoms with Crippen molar-refractivity contribution in [3.8, 4) is 0 Å². The summed E-state index contributed by atoms with van der Waals surface area (Å²) in [6.07, 6.45) is 3.25. The highest BCUT2D eigenvalue weighted by Gasteiger charge is 2.14. The molecule has 5 heteroatoms. The molecule has 3 aromatic carbocycles. The van der Waals surface area contributed by atoms with Crippen molar-refractivity contribution in [1.29, 1.82) is 0 Å². The second-order valence-electron chi connectivity index (χ2n) is 8.78. The number of carbonyl (C=O) groups excluding carboxylic acids is 2. The minimum Gasteiger partial charge on any atom is -0.322 e. The van der Waals surface area contributed by atoms with Crippen LogP contribution in [-0.4, -0.2) is 17.5 Å². The van der Waals surface area contributed by atoms with Crippen LogP contribution < -0.4 is 10.7 Å². The summed E-state index contributed by atoms with van der Waals surface area (Å²) < 4.78 is 0. The first kappa shape index (κ1) is 23.7. The van der Waals surface area contributed by atoms with Gasteiger partial charge in [-0.25, -0.2) is 5.43 Å². The van der Waals surface area contributed by atoms with Gasteiger partial charge in [-0.3, -0.25) is 9.59 Å². The third-order valence-corrected chi connectivity index (χ3v) is 5.11. The highest BCUT2D eigenvalue weighted by Crippen LogP contribution is 2.22. The average molecular weight is 440 g/mol. The highest BCUT2D eigenvalue weighted by molar-refractivity contribution is 6.04. The number of nitrogens with zero attached hydrogens (tertiary/aromatic N) is 1. The van der Waals surface area contributed by atoms with Gasteiger partial charge in [-0.1, -0.05) is 75.4 Å². The first-order valence-corrected chi connectivity index (χ1v) is 10.8. The Kier molecular flexibility index (Phi) is 7.57. The van der Waals surface area contributed by atoms with Gasteiger partial charge in [0.15, 0.2) is 0 Å². The van der Waals surface area contributed by atoms with E-state index in [0.29, 0.717) is 17.0 Å². The van der Waals surface area contributed by atoms with Crippen LogP contribution in [0.1, 0.15) is 54.7 Å². The monoisotopic (exact) mass is 439 g/mol. The van der Waals surface area contributed by atoms with Crippen LogP contribution in [0.25, 0.3) is 6.08 Å². The number of hydrazone groups is 1. The molecule has 0 saturated heterocycles. The predicted octanol–water partition coefficient (Wildman–Crippen LogP) is 5.79. The van der Waals surface area contributed by atoms with Crippen LogP contribution in [-0.2, 0) is 10.2 Å². The molecule has 0 aliphatic rings. The topological polar surface area (TPSA) is 70.6 Å². The van der Waals surface area contributed by atoms with Crippen molar-refractivity contribution < 1.29 is 9.59 Å². The zero-order chi connectivity index (χ0) is 23.8. The molecule has 33 heavy (non-hydrogen) atoms. The molecule has 0 unspecified atom stereocenters. The number of carbonyl (C=O) groups is 2. The fourth-order valence-electron chi connectivity index (χ4n) is 3.13. The SMILES string of the molecule is C/C(=N/NC(=O)c1ccc(C(C)(C)C)cc1)c1cccc(NC(=O)/C=C/c2ccccc2)c1. The maximum Gasteiger partial charge on any atom is 0.271 e. The summed E-state index contributed by atoms with van der Waals surface area (Å²) in [7, 11) is 0. The van der Waals surface area contributed by atoms with E-state index in [9.17, 15) is 9.59 Å². The van der Waals surface area contributed by atoms with E-state index in [1.165, 1.54) is 6.08 Å². The van der Waals surface area contributed by atoms with Crippen molar-refractivity contribution in [2.75, 3.05) is 5.32 Å². The second-order valence-corrected chi connectivity index (χ2v) is 8.78. The molecule has 0 radical (unpaired) electrons. The van der Waals surface area contributed by atoms with Crippen LogP contribution in [0, 0.1) is 0 Å². The molecule has 0 saturated carbocycles. The lowest BCUT2D eigenvalue weighted by molar-refractivity contribution is -0.111. The van der Waals surface area contributed by atoms with Crippen LogP contribution >= 0.6 is 0 Å². The van der Waals surface area contributed by atoms with E-state index in [2.05, 4.69) is 36.6 Å². The zero-order valence-electron chi connectivity index (χ0n) is 19.4. The van der Waals surface area contributed by atoms with Gasteiger partial charge in [0, 0.05) is 17.3 Å². The standard InChI is InChI=1S/C28H29N3O2/c1-20(30-31-27(33)22-14-16-24(17-15-22)28(2,3)4)23-11-8-12-25(19-23)29-26(32)18-13-21-9-6-5-7-10-21/h5-19H,1-4H3,(H,29,32)(H,31,33)/b18-13+,30-20-. The van der Waals surface area contributed by atoms with Gasteiger partial charge >= 0.3 is 0 Å². The van der Waals surface area contributed by atoms with Crippen molar-refractivity contribution >= 4 is 29.3 Å². The minimum atomic E-state index is -0.273. The summed E-state index contributed by atoms with van der Waals surface area (Å²) in [5.74, 6) is -0.497. The van der Waals surface area contributed by atoms with Gasteiger partial charge in [-0.15, -0.1) is 0 Å². The van der Waals surface area contributed by atoms with E-state index in [4.69, 9.17) is 0 Å². The molecule has 0 aliphatic heterocycles. The van der Waals surface area contributed by atoms with Crippen molar-refractivity contribution in [2.45, 2.75) is 33.1 Å². The van der Waals surface area contributed by atoms with E-state index in [1.54, 1.807) is 31.2 Å². The average Bonchev–Trinajstić information content (AvgIpc) is 2.81. The molecule has 2 amide bonds. The van der Waals surface area contributed by atoms with Crippen LogP contribution in [0.3, 0.4) is 0 Å². The van der Waals surface area contributed by atoms with E-state index >= 15 is 0 Å². The maximum atomic E-state index is 12.5. The molecule has 168 valence electrons. The Hall–Kier alpha value is -3.99. The van der Waals surface area contributed by atoms with Crippen molar-refractivity contribution in [1.82, 2.24) is 5.43 Å². The number of anilines is 1. The van der Waals surface area contributed by atoms with Gasteiger partial charge in [0.1, 0.15) is 0 Å². The Bertz CT molecular complexity index is 1170. The van der Waals surface area contributed by atoms with Gasteiger partial charge in [0.2, 0.25) is 5.91 Å². The summed E-state index contributed by atoms with van der Waals surface area (Å²) in [5.41, 5.74) is 7.37. The Balaban J connectivity index is 1.62. The predicted molar refractivity (Wildman–Crippen MR) is 135 cm³/mol. The van der Waals surface area contributed by atoms with E-state index in [0.717, 1.165) is 16.7 Å². The quantitative estimate of drug-likeness (QED) is 0.290. The smallest absolute Gasteiger partial charge is 0.271 e. The molecule has 3 rings (SSSR count). The van der Waals surface area contributed by atoms with E-state index < -0.39 is 0 Å². The van der Waals surface area contributed by atoms with E-state index in [1.807, 2.05) is 60.7 Å². The lowest BCUT2D eigenvalue weighted by Gasteiger charge is -2.18. The number of amides is 2. The molecule has 0 bridgehead atoms. The number of nitrogens with one attached hydrogen (secondary N) is 2. The van der Waals surface area contributed by atoms with Crippen LogP contribution in [0.4, 0.5) is 5.69 Å². The molecule has 0 aromatic heterocycles. The molecule has 0 atom stereocenters. The third kappa shape index (κ3) is 7.01. The Morgan fingerprint density at radius 1 is 0.848 bits per heavy atom. The molecule has 0 heterocycles. The lowest BCUT2D eigenvalue weighted by atomic mass is 9.87. The van der Waals surface area contributed by atoms with Gasteiger partial charge in [-0.05, 0) is 59.4 Å². The van der Waals surface area contributed by atoms with Gasteiger partial charge in [0.05, 0.1) is 5.71 Å². The largest absolute Gasteiger partial charge is 0.322 e. The van der Waals surface area contributed by atoms with E-state index in [-0.39, 0.29) is 17.2 Å². The summed E-state index contributed by atoms with van der Waals surface area (Å²) in [6, 6.07) is 24.5. The highest BCUT2D eigenvalue weighted by atomic mass is 16.2. The fourth-order valence-corrected chi connectivity index (χ4v) is 3.13. The molecule has 3 aromatic rings. The normalized spacial score (nSPS) is 11.9. The summed E-state index contributed by atoms with van der Waals surface area (Å²) in [5, 5.41) is 7.08. The first-order chi connectivity index (χ1) is 15.7. The third-order valence-electron chi connectivity index (χ3n) is 5.11. The zero-order valence-corrected chi connectivity index (χ0v) is 19.4. The van der Waals surface area contributed by atoms with Gasteiger partial charge < -0.3 is 5.32 Å². The molecule has 2 N–H and O–H groups in total. The summed E-state index contributed by atoms with van der Waals surface area (Å²) >= 11 is 0. The molecular weight excluding hydrogens is 410 g/mol. The van der Waals surface area contributed by atoms with Crippen LogP contribution in [0.15, 0.2) is 90.0 Å². The van der Waals surface area contributed by atoms with Crippen molar-refractivity contribution in [2.24, 2.45) is 5.10 Å². The van der Waals surface area contributed by atoms with Crippen molar-refractivity contribution in [3.63, 3.8) is 0 Å². The minimum absolute atomic E-state index is 0.0293. The number of benzene rings is 3. The Morgan fingerprint density at radius 3 is 2.21 bits per heavy atom.